The Morgan fingerprint density at radius 3 is 2.58 bits per heavy atom. The highest BCUT2D eigenvalue weighted by Gasteiger charge is 2.23. The number of hydrazine groups is 1. The molecule has 1 aromatic heterocycles. The Morgan fingerprint density at radius 2 is 1.84 bits per heavy atom. The fourth-order valence-electron chi connectivity index (χ4n) is 2.49. The molecular weight excluding hydrogens is 234 g/mol. The van der Waals surface area contributed by atoms with Crippen LogP contribution in [0.4, 0.5) is 0 Å². The molecule has 3 nitrogen and oxygen atoms in total. The van der Waals surface area contributed by atoms with Gasteiger partial charge >= 0.3 is 0 Å². The number of nitrogens with one attached hydrogen (secondary N) is 2. The summed E-state index contributed by atoms with van der Waals surface area (Å²) < 4.78 is 0. The second kappa shape index (κ2) is 4.86. The van der Waals surface area contributed by atoms with E-state index in [1.807, 2.05) is 12.4 Å². The monoisotopic (exact) mass is 251 g/mol. The van der Waals surface area contributed by atoms with Gasteiger partial charge in [0.25, 0.3) is 0 Å². The van der Waals surface area contributed by atoms with E-state index in [-0.39, 0.29) is 6.04 Å². The van der Waals surface area contributed by atoms with Crippen molar-refractivity contribution in [1.29, 1.82) is 0 Å². The summed E-state index contributed by atoms with van der Waals surface area (Å²) in [5, 5.41) is 0. The van der Waals surface area contributed by atoms with Gasteiger partial charge < -0.3 is 5.43 Å². The second-order valence-corrected chi connectivity index (χ2v) is 4.89. The fourth-order valence-corrected chi connectivity index (χ4v) is 2.49. The number of pyridine rings is 1. The number of rotatable bonds is 2. The zero-order valence-electron chi connectivity index (χ0n) is 11.1. The minimum atomic E-state index is 0.276. The van der Waals surface area contributed by atoms with Crippen LogP contribution in [0.15, 0.2) is 48.8 Å². The van der Waals surface area contributed by atoms with Gasteiger partial charge in [-0.1, -0.05) is 23.8 Å². The lowest BCUT2D eigenvalue weighted by Crippen LogP contribution is -2.29. The molecule has 0 aliphatic carbocycles. The van der Waals surface area contributed by atoms with Crippen molar-refractivity contribution in [1.82, 2.24) is 15.8 Å². The molecule has 0 spiro atoms. The van der Waals surface area contributed by atoms with Gasteiger partial charge in [-0.3, -0.25) is 4.98 Å². The summed E-state index contributed by atoms with van der Waals surface area (Å²) in [4.78, 5) is 4.09. The van der Waals surface area contributed by atoms with Gasteiger partial charge in [-0.25, -0.2) is 5.43 Å². The van der Waals surface area contributed by atoms with Crippen LogP contribution in [-0.2, 0) is 0 Å². The van der Waals surface area contributed by atoms with Gasteiger partial charge in [0, 0.05) is 18.0 Å². The highest BCUT2D eigenvalue weighted by molar-refractivity contribution is 5.93. The molecule has 3 rings (SSSR count). The highest BCUT2D eigenvalue weighted by Crippen LogP contribution is 2.30. The van der Waals surface area contributed by atoms with Gasteiger partial charge in [-0.05, 0) is 43.2 Å². The van der Waals surface area contributed by atoms with E-state index in [9.17, 15) is 0 Å². The van der Waals surface area contributed by atoms with Crippen LogP contribution in [0.1, 0.15) is 23.6 Å². The van der Waals surface area contributed by atoms with E-state index in [4.69, 9.17) is 0 Å². The van der Waals surface area contributed by atoms with E-state index in [0.717, 1.165) is 5.70 Å². The number of aryl methyl sites for hydroxylation is 1. The molecule has 2 aromatic rings. The van der Waals surface area contributed by atoms with Crippen molar-refractivity contribution < 1.29 is 0 Å². The third-order valence-corrected chi connectivity index (χ3v) is 3.41. The van der Waals surface area contributed by atoms with Crippen LogP contribution in [0.25, 0.3) is 11.3 Å². The molecule has 0 amide bonds. The Balaban J connectivity index is 2.14. The lowest BCUT2D eigenvalue weighted by Gasteiger charge is -2.10. The van der Waals surface area contributed by atoms with Crippen molar-refractivity contribution in [3.63, 3.8) is 0 Å². The molecule has 1 unspecified atom stereocenters. The summed E-state index contributed by atoms with van der Waals surface area (Å²) >= 11 is 0. The highest BCUT2D eigenvalue weighted by atomic mass is 15.4. The molecule has 2 N–H and O–H groups in total. The Bertz CT molecular complexity index is 617. The molecule has 2 heterocycles. The first-order valence-electron chi connectivity index (χ1n) is 6.49. The normalized spacial score (nSPS) is 18.5. The number of hydrogen-bond acceptors (Lipinski definition) is 3. The van der Waals surface area contributed by atoms with E-state index in [1.54, 1.807) is 0 Å². The third-order valence-electron chi connectivity index (χ3n) is 3.41. The molecule has 3 heteroatoms. The lowest BCUT2D eigenvalue weighted by atomic mass is 9.96. The van der Waals surface area contributed by atoms with Crippen molar-refractivity contribution in [3.05, 3.63) is 65.5 Å². The summed E-state index contributed by atoms with van der Waals surface area (Å²) in [5.41, 5.74) is 12.7. The Hall–Kier alpha value is -2.13. The summed E-state index contributed by atoms with van der Waals surface area (Å²) in [6.45, 7) is 4.27. The SMILES string of the molecule is Cc1cccc(C2=C(c3ccncc3)C(C)NN2)c1. The Labute approximate surface area is 113 Å². The summed E-state index contributed by atoms with van der Waals surface area (Å²) in [6.07, 6.45) is 3.67. The van der Waals surface area contributed by atoms with E-state index < -0.39 is 0 Å². The Kier molecular flexibility index (Phi) is 3.05. The van der Waals surface area contributed by atoms with Crippen LogP contribution in [0.2, 0.25) is 0 Å². The molecule has 0 saturated carbocycles. The Morgan fingerprint density at radius 1 is 1.05 bits per heavy atom. The van der Waals surface area contributed by atoms with Crippen molar-refractivity contribution in [2.24, 2.45) is 0 Å². The minimum Gasteiger partial charge on any atom is -0.320 e. The van der Waals surface area contributed by atoms with Gasteiger partial charge in [-0.15, -0.1) is 0 Å². The van der Waals surface area contributed by atoms with Crippen LogP contribution in [0.5, 0.6) is 0 Å². The average molecular weight is 251 g/mol. The predicted molar refractivity (Wildman–Crippen MR) is 78.0 cm³/mol. The molecular formula is C16H17N3. The van der Waals surface area contributed by atoms with E-state index in [2.05, 4.69) is 66.1 Å². The van der Waals surface area contributed by atoms with Crippen molar-refractivity contribution >= 4 is 11.3 Å². The molecule has 1 aliphatic heterocycles. The van der Waals surface area contributed by atoms with Crippen LogP contribution >= 0.6 is 0 Å². The number of aromatic nitrogens is 1. The maximum Gasteiger partial charge on any atom is 0.0614 e. The van der Waals surface area contributed by atoms with Crippen molar-refractivity contribution in [3.8, 4) is 0 Å². The van der Waals surface area contributed by atoms with Crippen molar-refractivity contribution in [2.45, 2.75) is 19.9 Å². The van der Waals surface area contributed by atoms with Crippen LogP contribution in [0, 0.1) is 6.92 Å². The van der Waals surface area contributed by atoms with Crippen LogP contribution in [0.3, 0.4) is 0 Å². The van der Waals surface area contributed by atoms with Gasteiger partial charge in [0.15, 0.2) is 0 Å². The van der Waals surface area contributed by atoms with Gasteiger partial charge in [-0.2, -0.15) is 0 Å². The van der Waals surface area contributed by atoms with Crippen LogP contribution < -0.4 is 10.9 Å². The summed E-state index contributed by atoms with van der Waals surface area (Å²) in [5.74, 6) is 0. The average Bonchev–Trinajstić information content (AvgIpc) is 2.82. The molecule has 96 valence electrons. The first-order chi connectivity index (χ1) is 9.25. The first-order valence-corrected chi connectivity index (χ1v) is 6.49. The van der Waals surface area contributed by atoms with Gasteiger partial charge in [0.1, 0.15) is 0 Å². The molecule has 1 aliphatic rings. The first kappa shape index (κ1) is 11.9. The third kappa shape index (κ3) is 2.25. The van der Waals surface area contributed by atoms with E-state index >= 15 is 0 Å². The molecule has 0 fully saturated rings. The van der Waals surface area contributed by atoms with E-state index in [0.29, 0.717) is 0 Å². The number of benzene rings is 1. The maximum atomic E-state index is 4.09. The van der Waals surface area contributed by atoms with Gasteiger partial charge in [0.2, 0.25) is 0 Å². The van der Waals surface area contributed by atoms with E-state index in [1.165, 1.54) is 22.3 Å². The second-order valence-electron chi connectivity index (χ2n) is 4.89. The minimum absolute atomic E-state index is 0.276. The zero-order valence-corrected chi connectivity index (χ0v) is 11.1. The molecule has 0 bridgehead atoms. The topological polar surface area (TPSA) is 37.0 Å². The summed E-state index contributed by atoms with van der Waals surface area (Å²) in [7, 11) is 0. The lowest BCUT2D eigenvalue weighted by molar-refractivity contribution is 0.634. The molecule has 1 aromatic carbocycles. The molecule has 0 radical (unpaired) electrons. The largest absolute Gasteiger partial charge is 0.320 e. The fraction of sp³-hybridized carbons (Fsp3) is 0.188. The molecule has 1 atom stereocenters. The molecule has 19 heavy (non-hydrogen) atoms. The quantitative estimate of drug-likeness (QED) is 0.861. The summed E-state index contributed by atoms with van der Waals surface area (Å²) in [6, 6.07) is 12.9. The van der Waals surface area contributed by atoms with Gasteiger partial charge in [0.05, 0.1) is 11.7 Å². The smallest absolute Gasteiger partial charge is 0.0614 e. The standard InChI is InChI=1S/C16H17N3/c1-11-4-3-5-14(10-11)16-15(12(2)18-19-16)13-6-8-17-9-7-13/h3-10,12,18-19H,1-2H3. The number of nitrogens with zero attached hydrogens (tertiary/aromatic N) is 1. The zero-order chi connectivity index (χ0) is 13.2. The van der Waals surface area contributed by atoms with Crippen LogP contribution in [-0.4, -0.2) is 11.0 Å². The molecule has 0 saturated heterocycles. The van der Waals surface area contributed by atoms with Crippen molar-refractivity contribution in [2.75, 3.05) is 0 Å². The maximum absolute atomic E-state index is 4.09. The predicted octanol–water partition coefficient (Wildman–Crippen LogP) is 2.75. The number of hydrogen-bond donors (Lipinski definition) is 2.